The van der Waals surface area contributed by atoms with Crippen LogP contribution in [0.1, 0.15) is 141 Å². The summed E-state index contributed by atoms with van der Waals surface area (Å²) in [6, 6.07) is 40.9. The van der Waals surface area contributed by atoms with Crippen molar-refractivity contribution in [1.29, 1.82) is 0 Å². The van der Waals surface area contributed by atoms with Gasteiger partial charge in [-0.25, -0.2) is 18.0 Å². The summed E-state index contributed by atoms with van der Waals surface area (Å²) < 4.78 is 71.8. The normalized spacial score (nSPS) is 16.4. The molecular weight excluding hydrogens is 1340 g/mol. The molecule has 0 aromatic heterocycles. The maximum Gasteiger partial charge on any atom is 1.00 e. The van der Waals surface area contributed by atoms with Crippen molar-refractivity contribution < 1.29 is 144 Å². The van der Waals surface area contributed by atoms with Crippen molar-refractivity contribution in [2.45, 2.75) is 173 Å². The number of alkyl carbamates (subject to hydrolysis) is 2. The second-order valence-corrected chi connectivity index (χ2v) is 27.8. The fourth-order valence-electron chi connectivity index (χ4n) is 12.6. The fraction of sp³-hybridized carbons (Fsp3) is 0.446. The van der Waals surface area contributed by atoms with E-state index in [2.05, 4.69) is 21.3 Å². The molecule has 0 bridgehead atoms. The molecule has 100 heavy (non-hydrogen) atoms. The smallest absolute Gasteiger partial charge is 1.00 e. The van der Waals surface area contributed by atoms with Crippen LogP contribution in [0.3, 0.4) is 0 Å². The van der Waals surface area contributed by atoms with Crippen LogP contribution in [0.25, 0.3) is 21.5 Å². The zero-order chi connectivity index (χ0) is 71.3. The van der Waals surface area contributed by atoms with Gasteiger partial charge in [0.15, 0.2) is 17.0 Å². The third-order valence-electron chi connectivity index (χ3n) is 17.4. The number of benzene rings is 6. The van der Waals surface area contributed by atoms with Crippen LogP contribution in [0.5, 0.6) is 0 Å². The standard InChI is InChI=1S/C37H46N2O9S.C37H44N2O6.2Na.O3S.H/c1-24(2)19-29(35(42)38-32(36(43)49(45,46)47)21-28-14-7-9-18-33(28)40)22-34(41)31(39-37(44)48-23-25-11-4-3-5-12-25)20-27-16-10-15-26-13-6-8-17-30(26)27;1-25(2)19-30(36(43)38-31(23-40)20-29-14-7-9-18-34(29)41)22-35(42)33(39-37(44)45-24-26-11-4-3-5-12-26)21-28-16-10-15-27-13-6-8-17-32(27)28;;;1-4(2)3;/h3-6,8,10-13,15-17,24,28-29,31-32,36,43H,7,9,14,18-23H2,1-2H3,(H,38,42)(H,39,44)(H,45,46,47);3-6,8,10-13,15-17,23,25,29-31,33H,7,9,14,18-22,24H2,1-2H3,(H,38,43)(H,39,44);;;;/q;;2*+1;;-1/p-1/t28-,29+,31-,32-,36?;29-,30+,31-,33-;;;;/m00..../s1. The number of aliphatic hydroxyl groups is 1. The van der Waals surface area contributed by atoms with E-state index in [1.54, 1.807) is 12.1 Å². The predicted octanol–water partition coefficient (Wildman–Crippen LogP) is 4.04. The number of ketones is 4. The Morgan fingerprint density at radius 1 is 0.560 bits per heavy atom. The minimum absolute atomic E-state index is 0. The summed E-state index contributed by atoms with van der Waals surface area (Å²) in [5, 5.41) is 25.1. The molecule has 0 spiro atoms. The summed E-state index contributed by atoms with van der Waals surface area (Å²) in [4.78, 5) is 118. The summed E-state index contributed by atoms with van der Waals surface area (Å²) in [7, 11) is -8.35. The van der Waals surface area contributed by atoms with Gasteiger partial charge in [0, 0.05) is 62.2 Å². The molecule has 528 valence electrons. The predicted molar refractivity (Wildman–Crippen MR) is 367 cm³/mol. The van der Waals surface area contributed by atoms with Crippen molar-refractivity contribution in [3.8, 4) is 0 Å². The molecule has 2 aliphatic carbocycles. The Kier molecular flexibility index (Phi) is 37.5. The van der Waals surface area contributed by atoms with Crippen LogP contribution in [-0.2, 0) is 89.8 Å². The first-order valence-corrected chi connectivity index (χ1v) is 35.7. The van der Waals surface area contributed by atoms with Crippen LogP contribution in [0.2, 0.25) is 0 Å². The molecule has 0 aliphatic heterocycles. The molecule has 6 aromatic rings. The molecule has 0 saturated heterocycles. The molecule has 2 fully saturated rings. The van der Waals surface area contributed by atoms with E-state index < -0.39 is 97.9 Å². The second-order valence-electron chi connectivity index (χ2n) is 25.9. The minimum Gasteiger partial charge on any atom is -1.00 e. The molecule has 9 atom stereocenters. The van der Waals surface area contributed by atoms with Crippen molar-refractivity contribution in [2.24, 2.45) is 35.5 Å². The van der Waals surface area contributed by atoms with E-state index in [1.807, 2.05) is 161 Å². The van der Waals surface area contributed by atoms with Crippen LogP contribution < -0.4 is 80.4 Å². The van der Waals surface area contributed by atoms with Gasteiger partial charge in [-0.05, 0) is 107 Å². The van der Waals surface area contributed by atoms with Gasteiger partial charge < -0.3 is 46.6 Å². The third kappa shape index (κ3) is 29.3. The Morgan fingerprint density at radius 2 is 0.940 bits per heavy atom. The first-order chi connectivity index (χ1) is 46.8. The number of fused-ring (bicyclic) bond motifs is 2. The summed E-state index contributed by atoms with van der Waals surface area (Å²) >= 11 is 0. The van der Waals surface area contributed by atoms with E-state index in [9.17, 15) is 61.2 Å². The summed E-state index contributed by atoms with van der Waals surface area (Å²) in [6.07, 6.45) is 4.91. The van der Waals surface area contributed by atoms with Crippen molar-refractivity contribution in [1.82, 2.24) is 21.3 Å². The number of amides is 4. The molecule has 26 heteroatoms. The first-order valence-electron chi connectivity index (χ1n) is 33.2. The van der Waals surface area contributed by atoms with E-state index in [0.29, 0.717) is 38.4 Å². The largest absolute Gasteiger partial charge is 1.00 e. The monoisotopic (exact) mass is 1430 g/mol. The number of nitrogens with one attached hydrogen (secondary N) is 4. The van der Waals surface area contributed by atoms with Gasteiger partial charge in [-0.1, -0.05) is 186 Å². The number of rotatable bonds is 31. The van der Waals surface area contributed by atoms with Crippen molar-refractivity contribution >= 4 is 95.7 Å². The average Bonchev–Trinajstić information content (AvgIpc) is 0.840. The van der Waals surface area contributed by atoms with Gasteiger partial charge in [0.2, 0.25) is 11.8 Å². The van der Waals surface area contributed by atoms with Crippen LogP contribution in [0, 0.1) is 35.5 Å². The Balaban J connectivity index is 0.000000486. The molecule has 8 rings (SSSR count). The maximum atomic E-state index is 14.0. The molecule has 0 radical (unpaired) electrons. The second kappa shape index (κ2) is 43.8. The molecule has 2 aliphatic rings. The van der Waals surface area contributed by atoms with Gasteiger partial charge in [0.05, 0.1) is 24.2 Å². The number of Topliss-reactive ketones (excluding diaryl/α,β-unsaturated/α-hetero) is 4. The zero-order valence-corrected chi connectivity index (χ0v) is 63.3. The quantitative estimate of drug-likeness (QED) is 0.0233. The number of hydrogen-bond acceptors (Lipinski definition) is 18. The molecule has 22 nitrogen and oxygen atoms in total. The van der Waals surface area contributed by atoms with E-state index in [0.717, 1.165) is 69.5 Å². The van der Waals surface area contributed by atoms with Crippen molar-refractivity contribution in [2.75, 3.05) is 0 Å². The van der Waals surface area contributed by atoms with E-state index in [1.165, 1.54) is 0 Å². The molecule has 0 heterocycles. The Bertz CT molecular complexity index is 3920. The van der Waals surface area contributed by atoms with Gasteiger partial charge >= 0.3 is 81.9 Å². The average molecular weight is 1430 g/mol. The van der Waals surface area contributed by atoms with E-state index >= 15 is 0 Å². The molecule has 6 aromatic carbocycles. The van der Waals surface area contributed by atoms with Crippen molar-refractivity contribution in [3.63, 3.8) is 0 Å². The summed E-state index contributed by atoms with van der Waals surface area (Å²) in [5.41, 5.74) is 0.790. The van der Waals surface area contributed by atoms with Crippen LogP contribution >= 0.6 is 0 Å². The zero-order valence-electron chi connectivity index (χ0n) is 58.7. The number of carbonyl (C=O) groups excluding carboxylic acids is 9. The molecule has 1 unspecified atom stereocenters. The van der Waals surface area contributed by atoms with Gasteiger partial charge in [-0.15, -0.1) is 12.6 Å². The van der Waals surface area contributed by atoms with Gasteiger partial charge in [-0.3, -0.25) is 28.8 Å². The van der Waals surface area contributed by atoms with Crippen molar-refractivity contribution in [3.05, 3.63) is 168 Å². The van der Waals surface area contributed by atoms with Crippen LogP contribution in [0.15, 0.2) is 146 Å². The van der Waals surface area contributed by atoms with Crippen LogP contribution in [-0.4, -0.2) is 114 Å². The van der Waals surface area contributed by atoms with Crippen LogP contribution in [0.4, 0.5) is 9.59 Å². The molecule has 4 amide bonds. The maximum absolute atomic E-state index is 14.0. The molecular formula is C74H90N4Na2O18S2. The molecule has 2 saturated carbocycles. The van der Waals surface area contributed by atoms with Gasteiger partial charge in [0.25, 0.3) is 0 Å². The van der Waals surface area contributed by atoms with E-state index in [4.69, 9.17) is 22.1 Å². The Morgan fingerprint density at radius 3 is 1.33 bits per heavy atom. The Hall–Kier alpha value is -6.84. The number of carbonyl (C=O) groups is 9. The Labute approximate surface area is 632 Å². The minimum atomic E-state index is -5.24. The summed E-state index contributed by atoms with van der Waals surface area (Å²) in [5.74, 6) is -4.39. The summed E-state index contributed by atoms with van der Waals surface area (Å²) in [6.45, 7) is 7.68. The van der Waals surface area contributed by atoms with Gasteiger partial charge in [-0.2, -0.15) is 0 Å². The number of hydrogen-bond donors (Lipinski definition) is 5. The third-order valence-corrected chi connectivity index (χ3v) is 18.4. The number of aliphatic hydroxyl groups excluding tert-OH is 1. The van der Waals surface area contributed by atoms with E-state index in [-0.39, 0.29) is 154 Å². The first kappa shape index (κ1) is 85.6. The number of aldehydes is 1. The van der Waals surface area contributed by atoms with Gasteiger partial charge in [0.1, 0.15) is 41.2 Å². The number of ether oxygens (including phenoxy) is 2. The fourth-order valence-corrected chi connectivity index (χ4v) is 13.2. The molecule has 5 N–H and O–H groups in total. The topological polar surface area (TPSA) is 349 Å². The SMILES string of the molecule is CC(C)C[C@H](CC(=O)[C@H](Cc1cccc2ccccc12)NC(=O)OCc1ccccc1)C(=O)N[C@@H](C[C@@H]1CCCCC1=O)C(O)S(=O)(=O)[O-].CC(C)C[C@H](CC(=O)[C@H](Cc1cccc2ccccc12)NC(=O)OCc1ccccc1)C(=O)N[C@H](C=O)C[C@@H]1CCCCC1=O.O=S(=O)=O.[H-].[Na+].[Na+].